The Balaban J connectivity index is 1.96. The number of halogens is 1. The Kier molecular flexibility index (Phi) is 4.52. The third kappa shape index (κ3) is 2.88. The summed E-state index contributed by atoms with van der Waals surface area (Å²) in [5.41, 5.74) is 8.19. The summed E-state index contributed by atoms with van der Waals surface area (Å²) in [6.45, 7) is 4.06. The minimum Gasteiger partial charge on any atom is -0.365 e. The molecule has 0 aliphatic heterocycles. The number of hydrogen-bond donors (Lipinski definition) is 2. The maximum atomic E-state index is 12.6. The van der Waals surface area contributed by atoms with Crippen LogP contribution in [0.5, 0.6) is 0 Å². The van der Waals surface area contributed by atoms with E-state index in [4.69, 9.17) is 5.73 Å². The fourth-order valence-electron chi connectivity index (χ4n) is 2.99. The number of carbonyl (C=O) groups is 2. The van der Waals surface area contributed by atoms with E-state index in [9.17, 15) is 9.59 Å². The van der Waals surface area contributed by atoms with Crippen molar-refractivity contribution in [3.8, 4) is 0 Å². The minimum atomic E-state index is -0.492. The molecular formula is C16H19BrN4O2S. The number of nitrogens with two attached hydrogens (primary N) is 1. The van der Waals surface area contributed by atoms with Crippen LogP contribution in [0, 0.1) is 12.8 Å². The number of aromatic nitrogens is 2. The van der Waals surface area contributed by atoms with Gasteiger partial charge in [-0.2, -0.15) is 5.10 Å². The Morgan fingerprint density at radius 2 is 2.17 bits per heavy atom. The molecule has 0 spiro atoms. The van der Waals surface area contributed by atoms with Crippen molar-refractivity contribution in [1.82, 2.24) is 9.78 Å². The standard InChI is InChI=1S/C16H19BrN4O2S/c1-7-4-5-9-10(6-7)24-16(11(9)14(18)22)19-15(23)13-12(17)8(2)21(3)20-13/h7H,4-6H2,1-3H3,(H2,18,22)(H,19,23)/t7-/m0/s1. The minimum absolute atomic E-state index is 0.296. The van der Waals surface area contributed by atoms with Crippen LogP contribution < -0.4 is 11.1 Å². The predicted octanol–water partition coefficient (Wildman–Crippen LogP) is 3.03. The number of primary amides is 1. The average Bonchev–Trinajstić information content (AvgIpc) is 2.98. The molecule has 2 aromatic rings. The van der Waals surface area contributed by atoms with E-state index in [0.717, 1.165) is 35.4 Å². The summed E-state index contributed by atoms with van der Waals surface area (Å²) in [5, 5.41) is 7.58. The van der Waals surface area contributed by atoms with Crippen molar-refractivity contribution in [2.24, 2.45) is 18.7 Å². The molecule has 24 heavy (non-hydrogen) atoms. The molecule has 3 N–H and O–H groups in total. The van der Waals surface area contributed by atoms with Crippen LogP contribution in [-0.4, -0.2) is 21.6 Å². The van der Waals surface area contributed by atoms with Crippen LogP contribution in [-0.2, 0) is 19.9 Å². The van der Waals surface area contributed by atoms with Gasteiger partial charge in [0.15, 0.2) is 5.69 Å². The van der Waals surface area contributed by atoms with Gasteiger partial charge in [0.1, 0.15) is 5.00 Å². The third-order valence-corrected chi connectivity index (χ3v) is 6.58. The molecule has 0 saturated carbocycles. The second-order valence-electron chi connectivity index (χ2n) is 6.25. The molecule has 1 aliphatic carbocycles. The van der Waals surface area contributed by atoms with E-state index in [-0.39, 0.29) is 5.91 Å². The lowest BCUT2D eigenvalue weighted by Gasteiger charge is -2.18. The number of nitrogens with zero attached hydrogens (tertiary/aromatic N) is 2. The lowest BCUT2D eigenvalue weighted by molar-refractivity contribution is 0.1000. The summed E-state index contributed by atoms with van der Waals surface area (Å²) < 4.78 is 2.29. The fourth-order valence-corrected chi connectivity index (χ4v) is 4.92. The normalized spacial score (nSPS) is 16.8. The van der Waals surface area contributed by atoms with E-state index < -0.39 is 5.91 Å². The summed E-state index contributed by atoms with van der Waals surface area (Å²) >= 11 is 4.85. The molecule has 1 aliphatic rings. The zero-order chi connectivity index (χ0) is 17.6. The van der Waals surface area contributed by atoms with Crippen LogP contribution in [0.3, 0.4) is 0 Å². The number of rotatable bonds is 3. The molecule has 0 bridgehead atoms. The van der Waals surface area contributed by atoms with Crippen LogP contribution in [0.25, 0.3) is 0 Å². The van der Waals surface area contributed by atoms with Gasteiger partial charge in [-0.1, -0.05) is 6.92 Å². The third-order valence-electron chi connectivity index (χ3n) is 4.46. The zero-order valence-electron chi connectivity index (χ0n) is 13.8. The second-order valence-corrected chi connectivity index (χ2v) is 8.14. The van der Waals surface area contributed by atoms with E-state index >= 15 is 0 Å². The predicted molar refractivity (Wildman–Crippen MR) is 97.6 cm³/mol. The molecule has 0 radical (unpaired) electrons. The maximum absolute atomic E-state index is 12.6. The van der Waals surface area contributed by atoms with Crippen molar-refractivity contribution in [3.63, 3.8) is 0 Å². The molecule has 128 valence electrons. The van der Waals surface area contributed by atoms with Crippen molar-refractivity contribution in [2.75, 3.05) is 5.32 Å². The SMILES string of the molecule is Cc1c(Br)c(C(=O)Nc2sc3c(c2C(N)=O)CC[C@H](C)C3)nn1C. The Labute approximate surface area is 152 Å². The van der Waals surface area contributed by atoms with E-state index in [1.54, 1.807) is 11.7 Å². The molecule has 0 aromatic carbocycles. The first-order chi connectivity index (χ1) is 11.3. The van der Waals surface area contributed by atoms with Crippen molar-refractivity contribution in [3.05, 3.63) is 31.9 Å². The van der Waals surface area contributed by atoms with Crippen molar-refractivity contribution in [1.29, 1.82) is 0 Å². The topological polar surface area (TPSA) is 90.0 Å². The molecule has 3 rings (SSSR count). The van der Waals surface area contributed by atoms with Gasteiger partial charge in [-0.05, 0) is 53.6 Å². The Morgan fingerprint density at radius 3 is 2.75 bits per heavy atom. The average molecular weight is 411 g/mol. The van der Waals surface area contributed by atoms with Gasteiger partial charge in [0.2, 0.25) is 0 Å². The van der Waals surface area contributed by atoms with Crippen LogP contribution >= 0.6 is 27.3 Å². The van der Waals surface area contributed by atoms with Gasteiger partial charge in [-0.15, -0.1) is 11.3 Å². The number of hydrogen-bond acceptors (Lipinski definition) is 4. The van der Waals surface area contributed by atoms with Crippen LogP contribution in [0.15, 0.2) is 4.47 Å². The lowest BCUT2D eigenvalue weighted by atomic mass is 9.88. The second kappa shape index (κ2) is 6.33. The summed E-state index contributed by atoms with van der Waals surface area (Å²) in [6.07, 6.45) is 2.78. The van der Waals surface area contributed by atoms with Gasteiger partial charge in [-0.3, -0.25) is 14.3 Å². The van der Waals surface area contributed by atoms with Gasteiger partial charge in [0.05, 0.1) is 15.7 Å². The summed E-state index contributed by atoms with van der Waals surface area (Å²) in [6, 6.07) is 0. The smallest absolute Gasteiger partial charge is 0.277 e. The zero-order valence-corrected chi connectivity index (χ0v) is 16.2. The maximum Gasteiger partial charge on any atom is 0.277 e. The number of amides is 2. The van der Waals surface area contributed by atoms with E-state index in [0.29, 0.717) is 26.6 Å². The molecule has 0 fully saturated rings. The molecule has 0 saturated heterocycles. The van der Waals surface area contributed by atoms with Crippen molar-refractivity contribution in [2.45, 2.75) is 33.1 Å². The highest BCUT2D eigenvalue weighted by Crippen LogP contribution is 2.39. The van der Waals surface area contributed by atoms with Gasteiger partial charge in [-0.25, -0.2) is 0 Å². The van der Waals surface area contributed by atoms with E-state index in [2.05, 4.69) is 33.3 Å². The molecule has 8 heteroatoms. The summed E-state index contributed by atoms with van der Waals surface area (Å²) in [7, 11) is 1.77. The van der Waals surface area contributed by atoms with Gasteiger partial charge >= 0.3 is 0 Å². The first-order valence-corrected chi connectivity index (χ1v) is 9.35. The first-order valence-electron chi connectivity index (χ1n) is 7.74. The van der Waals surface area contributed by atoms with Crippen LogP contribution in [0.1, 0.15) is 50.3 Å². The highest BCUT2D eigenvalue weighted by molar-refractivity contribution is 9.10. The Morgan fingerprint density at radius 1 is 1.46 bits per heavy atom. The first kappa shape index (κ1) is 17.2. The summed E-state index contributed by atoms with van der Waals surface area (Å²) in [4.78, 5) is 25.7. The molecule has 2 heterocycles. The fraction of sp³-hybridized carbons (Fsp3) is 0.438. The largest absolute Gasteiger partial charge is 0.365 e. The summed E-state index contributed by atoms with van der Waals surface area (Å²) in [5.74, 6) is -0.263. The molecule has 6 nitrogen and oxygen atoms in total. The quantitative estimate of drug-likeness (QED) is 0.814. The van der Waals surface area contributed by atoms with Gasteiger partial charge in [0, 0.05) is 11.9 Å². The van der Waals surface area contributed by atoms with Crippen LogP contribution in [0.4, 0.5) is 5.00 Å². The van der Waals surface area contributed by atoms with Crippen molar-refractivity contribution < 1.29 is 9.59 Å². The molecular weight excluding hydrogens is 392 g/mol. The molecule has 0 unspecified atom stereocenters. The Bertz CT molecular complexity index is 840. The number of carbonyl (C=O) groups excluding carboxylic acids is 2. The number of anilines is 1. The Hall–Kier alpha value is -1.67. The number of thiophene rings is 1. The highest BCUT2D eigenvalue weighted by atomic mass is 79.9. The number of fused-ring (bicyclic) bond motifs is 1. The van der Waals surface area contributed by atoms with Crippen LogP contribution in [0.2, 0.25) is 0 Å². The molecule has 1 atom stereocenters. The van der Waals surface area contributed by atoms with E-state index in [1.165, 1.54) is 11.3 Å². The van der Waals surface area contributed by atoms with E-state index in [1.807, 2.05) is 6.92 Å². The highest BCUT2D eigenvalue weighted by Gasteiger charge is 2.28. The molecule has 2 amide bonds. The lowest BCUT2D eigenvalue weighted by Crippen LogP contribution is -2.19. The number of nitrogens with one attached hydrogen (secondary N) is 1. The number of aryl methyl sites for hydroxylation is 1. The van der Waals surface area contributed by atoms with Gasteiger partial charge < -0.3 is 11.1 Å². The molecule has 2 aromatic heterocycles. The van der Waals surface area contributed by atoms with Crippen molar-refractivity contribution >= 4 is 44.1 Å². The van der Waals surface area contributed by atoms with Gasteiger partial charge in [0.25, 0.3) is 11.8 Å². The monoisotopic (exact) mass is 410 g/mol.